The van der Waals surface area contributed by atoms with E-state index in [2.05, 4.69) is 76.0 Å². The van der Waals surface area contributed by atoms with Crippen LogP contribution in [-0.4, -0.2) is 30.6 Å². The van der Waals surface area contributed by atoms with Gasteiger partial charge in [0.15, 0.2) is 0 Å². The van der Waals surface area contributed by atoms with Crippen LogP contribution in [0.15, 0.2) is 54.6 Å². The Bertz CT molecular complexity index is 817. The quantitative estimate of drug-likeness (QED) is 0.489. The van der Waals surface area contributed by atoms with Gasteiger partial charge in [-0.2, -0.15) is 0 Å². The molecule has 2 aromatic carbocycles. The molecule has 1 unspecified atom stereocenters. The highest BCUT2D eigenvalue weighted by atomic mass is 16.5. The summed E-state index contributed by atoms with van der Waals surface area (Å²) in [6.45, 7) is 14.8. The standard InChI is InChI=1S/C27H41N3O2/c1-20(2)16-25(28)26(31)29-27(5,6)19-30(17-21(3)4)23-12-14-24(15-13-23)32-18-22-10-8-7-9-11-22/h7-15,20-21,25H,16-19,28H2,1-6H3,(H,29,31). The van der Waals surface area contributed by atoms with Crippen LogP contribution in [0.2, 0.25) is 0 Å². The Kier molecular flexibility index (Phi) is 9.58. The highest BCUT2D eigenvalue weighted by Gasteiger charge is 2.27. The van der Waals surface area contributed by atoms with Crippen LogP contribution in [-0.2, 0) is 11.4 Å². The molecule has 176 valence electrons. The van der Waals surface area contributed by atoms with Crippen LogP contribution in [0.1, 0.15) is 53.5 Å². The Morgan fingerprint density at radius 1 is 1.00 bits per heavy atom. The van der Waals surface area contributed by atoms with Crippen molar-refractivity contribution in [3.05, 3.63) is 60.2 Å². The zero-order chi connectivity index (χ0) is 23.7. The van der Waals surface area contributed by atoms with Crippen molar-refractivity contribution >= 4 is 11.6 Å². The fourth-order valence-electron chi connectivity index (χ4n) is 3.75. The lowest BCUT2D eigenvalue weighted by Crippen LogP contribution is -2.56. The Labute approximate surface area is 194 Å². The Morgan fingerprint density at radius 3 is 2.19 bits per heavy atom. The van der Waals surface area contributed by atoms with Crippen LogP contribution in [0.4, 0.5) is 5.69 Å². The number of hydrogen-bond donors (Lipinski definition) is 2. The van der Waals surface area contributed by atoms with Gasteiger partial charge in [0.25, 0.3) is 0 Å². The summed E-state index contributed by atoms with van der Waals surface area (Å²) in [6.07, 6.45) is 0.683. The number of carbonyl (C=O) groups is 1. The van der Waals surface area contributed by atoms with Gasteiger partial charge in [-0.25, -0.2) is 0 Å². The third-order valence-electron chi connectivity index (χ3n) is 5.15. The average Bonchev–Trinajstić information content (AvgIpc) is 2.71. The fourth-order valence-corrected chi connectivity index (χ4v) is 3.75. The van der Waals surface area contributed by atoms with E-state index in [1.807, 2.05) is 30.3 Å². The van der Waals surface area contributed by atoms with Crippen LogP contribution in [0, 0.1) is 11.8 Å². The summed E-state index contributed by atoms with van der Waals surface area (Å²) >= 11 is 0. The third-order valence-corrected chi connectivity index (χ3v) is 5.15. The van der Waals surface area contributed by atoms with Crippen LogP contribution < -0.4 is 20.7 Å². The van der Waals surface area contributed by atoms with Crippen molar-refractivity contribution in [3.8, 4) is 5.75 Å². The number of nitrogens with two attached hydrogens (primary N) is 1. The highest BCUT2D eigenvalue weighted by Crippen LogP contribution is 2.23. The minimum Gasteiger partial charge on any atom is -0.489 e. The largest absolute Gasteiger partial charge is 0.489 e. The van der Waals surface area contributed by atoms with E-state index in [1.54, 1.807) is 0 Å². The molecule has 0 bridgehead atoms. The predicted molar refractivity (Wildman–Crippen MR) is 134 cm³/mol. The molecule has 0 aliphatic carbocycles. The maximum atomic E-state index is 12.6. The molecule has 0 saturated heterocycles. The van der Waals surface area contributed by atoms with E-state index in [0.717, 1.165) is 23.5 Å². The van der Waals surface area contributed by atoms with Crippen molar-refractivity contribution < 1.29 is 9.53 Å². The number of anilines is 1. The first kappa shape index (κ1) is 25.7. The summed E-state index contributed by atoms with van der Waals surface area (Å²) in [4.78, 5) is 14.9. The van der Waals surface area contributed by atoms with Gasteiger partial charge in [-0.05, 0) is 61.9 Å². The van der Waals surface area contributed by atoms with Crippen LogP contribution in [0.25, 0.3) is 0 Å². The molecule has 1 amide bonds. The van der Waals surface area contributed by atoms with Gasteiger partial charge < -0.3 is 20.7 Å². The maximum Gasteiger partial charge on any atom is 0.237 e. The third kappa shape index (κ3) is 8.91. The molecule has 0 spiro atoms. The van der Waals surface area contributed by atoms with Gasteiger partial charge in [-0.15, -0.1) is 0 Å². The molecule has 5 heteroatoms. The van der Waals surface area contributed by atoms with Gasteiger partial charge >= 0.3 is 0 Å². The summed E-state index contributed by atoms with van der Waals surface area (Å²) in [7, 11) is 0. The second kappa shape index (κ2) is 11.9. The molecule has 5 nitrogen and oxygen atoms in total. The Hall–Kier alpha value is -2.53. The first-order valence-electron chi connectivity index (χ1n) is 11.6. The van der Waals surface area contributed by atoms with Gasteiger partial charge in [0.1, 0.15) is 12.4 Å². The number of rotatable bonds is 12. The monoisotopic (exact) mass is 439 g/mol. The highest BCUT2D eigenvalue weighted by molar-refractivity contribution is 5.82. The zero-order valence-electron chi connectivity index (χ0n) is 20.6. The zero-order valence-corrected chi connectivity index (χ0v) is 20.6. The van der Waals surface area contributed by atoms with E-state index in [-0.39, 0.29) is 5.91 Å². The number of amides is 1. The number of hydrogen-bond acceptors (Lipinski definition) is 4. The van der Waals surface area contributed by atoms with Crippen LogP contribution >= 0.6 is 0 Å². The summed E-state index contributed by atoms with van der Waals surface area (Å²) in [5, 5.41) is 3.15. The number of ether oxygens (including phenoxy) is 1. The predicted octanol–water partition coefficient (Wildman–Crippen LogP) is 5.00. The van der Waals surface area contributed by atoms with E-state index in [1.165, 1.54) is 0 Å². The molecule has 0 aliphatic rings. The van der Waals surface area contributed by atoms with E-state index in [9.17, 15) is 4.79 Å². The molecule has 0 saturated carbocycles. The number of carbonyl (C=O) groups excluding carboxylic acids is 1. The molecule has 0 radical (unpaired) electrons. The van der Waals surface area contributed by atoms with E-state index in [0.29, 0.717) is 31.4 Å². The Morgan fingerprint density at radius 2 is 1.62 bits per heavy atom. The van der Waals surface area contributed by atoms with E-state index < -0.39 is 11.6 Å². The molecule has 1 atom stereocenters. The molecule has 0 aromatic heterocycles. The lowest BCUT2D eigenvalue weighted by atomic mass is 9.99. The first-order valence-corrected chi connectivity index (χ1v) is 11.6. The molecular formula is C27H41N3O2. The minimum atomic E-state index is -0.478. The summed E-state index contributed by atoms with van der Waals surface area (Å²) in [5.74, 6) is 1.63. The van der Waals surface area contributed by atoms with Crippen molar-refractivity contribution in [1.29, 1.82) is 0 Å². The Balaban J connectivity index is 2.04. The summed E-state index contributed by atoms with van der Waals surface area (Å²) in [6, 6.07) is 17.9. The van der Waals surface area contributed by atoms with Crippen molar-refractivity contribution in [2.24, 2.45) is 17.6 Å². The lowest BCUT2D eigenvalue weighted by molar-refractivity contribution is -0.124. The van der Waals surface area contributed by atoms with E-state index >= 15 is 0 Å². The van der Waals surface area contributed by atoms with E-state index in [4.69, 9.17) is 10.5 Å². The molecular weight excluding hydrogens is 398 g/mol. The summed E-state index contributed by atoms with van der Waals surface area (Å²) < 4.78 is 5.93. The normalized spacial score (nSPS) is 12.7. The fraction of sp³-hybridized carbons (Fsp3) is 0.519. The number of benzene rings is 2. The smallest absolute Gasteiger partial charge is 0.237 e. The van der Waals surface area contributed by atoms with Gasteiger partial charge in [-0.3, -0.25) is 4.79 Å². The minimum absolute atomic E-state index is 0.0853. The number of nitrogens with one attached hydrogen (secondary N) is 1. The summed E-state index contributed by atoms with van der Waals surface area (Å²) in [5.41, 5.74) is 7.94. The first-order chi connectivity index (χ1) is 15.1. The second-order valence-corrected chi connectivity index (χ2v) is 10.2. The van der Waals surface area contributed by atoms with Gasteiger partial charge in [0.05, 0.1) is 11.6 Å². The van der Waals surface area contributed by atoms with Crippen molar-refractivity contribution in [3.63, 3.8) is 0 Å². The van der Waals surface area contributed by atoms with Crippen LogP contribution in [0.5, 0.6) is 5.75 Å². The maximum absolute atomic E-state index is 12.6. The molecule has 32 heavy (non-hydrogen) atoms. The van der Waals surface area contributed by atoms with Crippen LogP contribution in [0.3, 0.4) is 0 Å². The van der Waals surface area contributed by atoms with Gasteiger partial charge in [-0.1, -0.05) is 58.0 Å². The van der Waals surface area contributed by atoms with Gasteiger partial charge in [0.2, 0.25) is 5.91 Å². The molecule has 0 heterocycles. The molecule has 2 aromatic rings. The molecule has 0 aliphatic heterocycles. The van der Waals surface area contributed by atoms with Gasteiger partial charge in [0, 0.05) is 18.8 Å². The second-order valence-electron chi connectivity index (χ2n) is 10.2. The average molecular weight is 440 g/mol. The SMILES string of the molecule is CC(C)CC(N)C(=O)NC(C)(C)CN(CC(C)C)c1ccc(OCc2ccccc2)cc1. The lowest BCUT2D eigenvalue weighted by Gasteiger charge is -2.36. The number of nitrogens with zero attached hydrogens (tertiary/aromatic N) is 1. The molecule has 3 N–H and O–H groups in total. The topological polar surface area (TPSA) is 67.6 Å². The van der Waals surface area contributed by atoms with Crippen molar-refractivity contribution in [1.82, 2.24) is 5.32 Å². The van der Waals surface area contributed by atoms with Crippen molar-refractivity contribution in [2.45, 2.75) is 66.2 Å². The molecule has 2 rings (SSSR count). The molecule has 0 fully saturated rings. The van der Waals surface area contributed by atoms with Crippen molar-refractivity contribution in [2.75, 3.05) is 18.0 Å².